The number of piperidine rings is 1. The monoisotopic (exact) mass is 308 g/mol. The molecular formula is C17H28N2O3. The van der Waals surface area contributed by atoms with E-state index in [1.54, 1.807) is 7.11 Å². The van der Waals surface area contributed by atoms with E-state index in [2.05, 4.69) is 4.90 Å². The molecule has 2 amide bonds. The van der Waals surface area contributed by atoms with Crippen molar-refractivity contribution >= 4 is 11.8 Å². The first-order valence-electron chi connectivity index (χ1n) is 8.74. The van der Waals surface area contributed by atoms with Crippen LogP contribution < -0.4 is 0 Å². The van der Waals surface area contributed by atoms with Crippen molar-refractivity contribution in [3.63, 3.8) is 0 Å². The second kappa shape index (κ2) is 6.57. The molecular weight excluding hydrogens is 280 g/mol. The minimum Gasteiger partial charge on any atom is -0.375 e. The number of hydrogen-bond acceptors (Lipinski definition) is 3. The highest BCUT2D eigenvalue weighted by atomic mass is 16.5. The molecule has 1 saturated carbocycles. The van der Waals surface area contributed by atoms with Gasteiger partial charge in [0, 0.05) is 32.8 Å². The first-order chi connectivity index (χ1) is 10.7. The van der Waals surface area contributed by atoms with Gasteiger partial charge in [-0.05, 0) is 32.1 Å². The van der Waals surface area contributed by atoms with E-state index in [-0.39, 0.29) is 17.9 Å². The van der Waals surface area contributed by atoms with Crippen molar-refractivity contribution in [1.82, 2.24) is 9.80 Å². The van der Waals surface area contributed by atoms with Crippen molar-refractivity contribution in [2.75, 3.05) is 33.4 Å². The molecule has 1 unspecified atom stereocenters. The number of hydrogen-bond donors (Lipinski definition) is 0. The Hall–Kier alpha value is -1.10. The smallest absolute Gasteiger partial charge is 0.248 e. The molecule has 3 fully saturated rings. The molecule has 5 heteroatoms. The van der Waals surface area contributed by atoms with Gasteiger partial charge in [-0.25, -0.2) is 0 Å². The van der Waals surface area contributed by atoms with Crippen molar-refractivity contribution in [2.24, 2.45) is 5.41 Å². The second-order valence-corrected chi connectivity index (χ2v) is 7.17. The summed E-state index contributed by atoms with van der Waals surface area (Å²) >= 11 is 0. The topological polar surface area (TPSA) is 49.9 Å². The second-order valence-electron chi connectivity index (χ2n) is 7.17. The summed E-state index contributed by atoms with van der Waals surface area (Å²) in [6.45, 7) is 2.33. The van der Waals surface area contributed by atoms with Crippen molar-refractivity contribution in [2.45, 2.75) is 57.4 Å². The molecule has 22 heavy (non-hydrogen) atoms. The summed E-state index contributed by atoms with van der Waals surface area (Å²) in [5.41, 5.74) is -0.306. The van der Waals surface area contributed by atoms with Gasteiger partial charge < -0.3 is 14.5 Å². The molecule has 0 bridgehead atoms. The third-order valence-electron chi connectivity index (χ3n) is 5.76. The molecule has 2 saturated heterocycles. The van der Waals surface area contributed by atoms with Gasteiger partial charge in [-0.1, -0.05) is 19.3 Å². The molecule has 0 aromatic rings. The third-order valence-corrected chi connectivity index (χ3v) is 5.76. The van der Waals surface area contributed by atoms with Crippen LogP contribution in [0.4, 0.5) is 0 Å². The Morgan fingerprint density at radius 1 is 1.18 bits per heavy atom. The van der Waals surface area contributed by atoms with E-state index in [1.165, 1.54) is 19.3 Å². The van der Waals surface area contributed by atoms with E-state index in [4.69, 9.17) is 4.74 Å². The number of likely N-dealkylation sites (tertiary alicyclic amines) is 2. The van der Waals surface area contributed by atoms with Crippen LogP contribution in [0.5, 0.6) is 0 Å². The van der Waals surface area contributed by atoms with Crippen molar-refractivity contribution in [3.05, 3.63) is 0 Å². The van der Waals surface area contributed by atoms with E-state index in [0.717, 1.165) is 38.6 Å². The Kier molecular flexibility index (Phi) is 4.71. The van der Waals surface area contributed by atoms with Crippen LogP contribution in [0.25, 0.3) is 0 Å². The summed E-state index contributed by atoms with van der Waals surface area (Å²) in [6.07, 6.45) is 8.97. The number of carbonyl (C=O) groups is 2. The highest BCUT2D eigenvalue weighted by Gasteiger charge is 2.50. The highest BCUT2D eigenvalue weighted by molar-refractivity contribution is 5.86. The molecule has 0 aromatic heterocycles. The van der Waals surface area contributed by atoms with Gasteiger partial charge in [0.1, 0.15) is 6.61 Å². The molecule has 124 valence electrons. The third kappa shape index (κ3) is 2.87. The molecule has 5 nitrogen and oxygen atoms in total. The van der Waals surface area contributed by atoms with E-state index < -0.39 is 0 Å². The predicted octanol–water partition coefficient (Wildman–Crippen LogP) is 1.81. The van der Waals surface area contributed by atoms with Gasteiger partial charge in [-0.15, -0.1) is 0 Å². The van der Waals surface area contributed by atoms with Gasteiger partial charge in [0.15, 0.2) is 0 Å². The standard InChI is InChI=1S/C17H28N2O3/c1-22-12-15(20)18-11-9-17(13-18)8-5-10-19(16(17)21)14-6-3-2-4-7-14/h14H,2-13H2,1H3. The Bertz CT molecular complexity index is 434. The van der Waals surface area contributed by atoms with E-state index >= 15 is 0 Å². The van der Waals surface area contributed by atoms with Gasteiger partial charge in [0.2, 0.25) is 11.8 Å². The van der Waals surface area contributed by atoms with E-state index in [0.29, 0.717) is 25.0 Å². The Balaban J connectivity index is 1.68. The Morgan fingerprint density at radius 3 is 2.68 bits per heavy atom. The van der Waals surface area contributed by atoms with Crippen LogP contribution in [-0.4, -0.2) is 61.0 Å². The summed E-state index contributed by atoms with van der Waals surface area (Å²) in [4.78, 5) is 29.2. The Morgan fingerprint density at radius 2 is 1.95 bits per heavy atom. The van der Waals surface area contributed by atoms with Gasteiger partial charge in [0.05, 0.1) is 5.41 Å². The number of ether oxygens (including phenoxy) is 1. The lowest BCUT2D eigenvalue weighted by Crippen LogP contribution is -2.54. The molecule has 3 rings (SSSR count). The molecule has 0 aromatic carbocycles. The molecule has 1 atom stereocenters. The van der Waals surface area contributed by atoms with E-state index in [9.17, 15) is 9.59 Å². The van der Waals surface area contributed by atoms with E-state index in [1.807, 2.05) is 4.90 Å². The molecule has 2 aliphatic heterocycles. The SMILES string of the molecule is COCC(=O)N1CCC2(CCCN(C3CCCCC3)C2=O)C1. The molecule has 2 heterocycles. The number of carbonyl (C=O) groups excluding carboxylic acids is 2. The van der Waals surface area contributed by atoms with Crippen LogP contribution in [-0.2, 0) is 14.3 Å². The van der Waals surface area contributed by atoms with Crippen molar-refractivity contribution in [1.29, 1.82) is 0 Å². The van der Waals surface area contributed by atoms with Gasteiger partial charge >= 0.3 is 0 Å². The van der Waals surface area contributed by atoms with Gasteiger partial charge in [0.25, 0.3) is 0 Å². The van der Waals surface area contributed by atoms with Crippen LogP contribution in [0.2, 0.25) is 0 Å². The van der Waals surface area contributed by atoms with Gasteiger partial charge in [-0.2, -0.15) is 0 Å². The minimum atomic E-state index is -0.306. The normalized spacial score (nSPS) is 30.3. The fourth-order valence-electron chi connectivity index (χ4n) is 4.52. The average molecular weight is 308 g/mol. The number of rotatable bonds is 3. The lowest BCUT2D eigenvalue weighted by Gasteiger charge is -2.44. The van der Waals surface area contributed by atoms with Crippen LogP contribution in [0.1, 0.15) is 51.4 Å². The fourth-order valence-corrected chi connectivity index (χ4v) is 4.52. The first-order valence-corrected chi connectivity index (χ1v) is 8.74. The Labute approximate surface area is 133 Å². The molecule has 0 N–H and O–H groups in total. The predicted molar refractivity (Wildman–Crippen MR) is 83.3 cm³/mol. The highest BCUT2D eigenvalue weighted by Crippen LogP contribution is 2.41. The first kappa shape index (κ1) is 15.8. The van der Waals surface area contributed by atoms with Gasteiger partial charge in [-0.3, -0.25) is 9.59 Å². The minimum absolute atomic E-state index is 0.0157. The zero-order valence-corrected chi connectivity index (χ0v) is 13.7. The maximum atomic E-state index is 13.1. The summed E-state index contributed by atoms with van der Waals surface area (Å²) in [5, 5.41) is 0. The summed E-state index contributed by atoms with van der Waals surface area (Å²) < 4.78 is 4.95. The zero-order chi connectivity index (χ0) is 15.6. The average Bonchev–Trinajstić information content (AvgIpc) is 2.97. The summed E-state index contributed by atoms with van der Waals surface area (Å²) in [5.74, 6) is 0.334. The quantitative estimate of drug-likeness (QED) is 0.799. The molecule has 1 aliphatic carbocycles. The van der Waals surface area contributed by atoms with Crippen LogP contribution >= 0.6 is 0 Å². The van der Waals surface area contributed by atoms with Crippen LogP contribution in [0.3, 0.4) is 0 Å². The molecule has 0 radical (unpaired) electrons. The zero-order valence-electron chi connectivity index (χ0n) is 13.7. The fraction of sp³-hybridized carbons (Fsp3) is 0.882. The summed E-state index contributed by atoms with van der Waals surface area (Å²) in [7, 11) is 1.54. The van der Waals surface area contributed by atoms with Crippen molar-refractivity contribution < 1.29 is 14.3 Å². The van der Waals surface area contributed by atoms with Crippen molar-refractivity contribution in [3.8, 4) is 0 Å². The molecule has 1 spiro atoms. The number of nitrogens with zero attached hydrogens (tertiary/aromatic N) is 2. The van der Waals surface area contributed by atoms with Crippen LogP contribution in [0, 0.1) is 5.41 Å². The lowest BCUT2D eigenvalue weighted by atomic mass is 9.77. The number of methoxy groups -OCH3 is 1. The largest absolute Gasteiger partial charge is 0.375 e. The molecule has 3 aliphatic rings. The lowest BCUT2D eigenvalue weighted by molar-refractivity contribution is -0.149. The summed E-state index contributed by atoms with van der Waals surface area (Å²) in [6, 6.07) is 0.446. The number of amides is 2. The maximum Gasteiger partial charge on any atom is 0.248 e. The van der Waals surface area contributed by atoms with Crippen LogP contribution in [0.15, 0.2) is 0 Å². The maximum absolute atomic E-state index is 13.1.